The molecule has 1 saturated carbocycles. The van der Waals surface area contributed by atoms with Crippen molar-refractivity contribution in [3.8, 4) is 0 Å². The molecule has 0 atom stereocenters. The zero-order valence-electron chi connectivity index (χ0n) is 16.8. The van der Waals surface area contributed by atoms with Crippen LogP contribution in [0.15, 0.2) is 44.4 Å². The van der Waals surface area contributed by atoms with Crippen LogP contribution in [0, 0.1) is 0 Å². The first-order valence-electron chi connectivity index (χ1n) is 9.58. The maximum atomic E-state index is 13.2. The van der Waals surface area contributed by atoms with Crippen molar-refractivity contribution in [1.29, 1.82) is 0 Å². The van der Waals surface area contributed by atoms with Crippen molar-refractivity contribution < 1.29 is 14.3 Å². The molecule has 0 saturated heterocycles. The molecule has 1 N–H and O–H groups in total. The zero-order chi connectivity index (χ0) is 22.3. The average Bonchev–Trinajstić information content (AvgIpc) is 3.61. The van der Waals surface area contributed by atoms with Crippen LogP contribution in [0.4, 0.5) is 5.69 Å². The Morgan fingerprint density at radius 1 is 1.23 bits per heavy atom. The second-order valence-electron chi connectivity index (χ2n) is 7.35. The van der Waals surface area contributed by atoms with Crippen LogP contribution in [-0.4, -0.2) is 33.1 Å². The summed E-state index contributed by atoms with van der Waals surface area (Å²) in [4.78, 5) is 55.4. The number of carbonyl (C=O) groups excluding carboxylic acids is 2. The number of aromatic nitrogens is 3. The fourth-order valence-electron chi connectivity index (χ4n) is 3.37. The van der Waals surface area contributed by atoms with Gasteiger partial charge in [0.05, 0.1) is 18.1 Å². The van der Waals surface area contributed by atoms with E-state index in [1.807, 2.05) is 0 Å². The predicted octanol–water partition coefficient (Wildman–Crippen LogP) is 2.16. The van der Waals surface area contributed by atoms with Crippen LogP contribution in [-0.2, 0) is 23.1 Å². The van der Waals surface area contributed by atoms with Crippen LogP contribution in [0.3, 0.4) is 0 Å². The lowest BCUT2D eigenvalue weighted by atomic mass is 10.1. The van der Waals surface area contributed by atoms with Gasteiger partial charge >= 0.3 is 11.7 Å². The molecule has 0 aliphatic heterocycles. The number of nitrogens with one attached hydrogen (secondary N) is 1. The summed E-state index contributed by atoms with van der Waals surface area (Å²) in [5, 5.41) is 2.60. The summed E-state index contributed by atoms with van der Waals surface area (Å²) in [5.41, 5.74) is -0.154. The molecule has 2 aromatic heterocycles. The van der Waals surface area contributed by atoms with Gasteiger partial charge in [0.15, 0.2) is 0 Å². The summed E-state index contributed by atoms with van der Waals surface area (Å²) in [6, 6.07) is 8.42. The number of hydrogen-bond donors (Lipinski definition) is 1. The summed E-state index contributed by atoms with van der Waals surface area (Å²) in [6.45, 7) is -0.511. The normalized spacial score (nSPS) is 13.3. The minimum absolute atomic E-state index is 0.0390. The Morgan fingerprint density at radius 3 is 2.52 bits per heavy atom. The van der Waals surface area contributed by atoms with Crippen LogP contribution < -0.4 is 16.6 Å². The Bertz CT molecular complexity index is 1320. The smallest absolute Gasteiger partial charge is 0.338 e. The van der Waals surface area contributed by atoms with Gasteiger partial charge in [-0.25, -0.2) is 14.6 Å². The maximum Gasteiger partial charge on any atom is 0.338 e. The van der Waals surface area contributed by atoms with E-state index in [1.54, 1.807) is 30.3 Å². The number of aryl methyl sites for hydroxylation is 1. The fraction of sp³-hybridized carbons (Fsp3) is 0.286. The van der Waals surface area contributed by atoms with Crippen LogP contribution in [0.2, 0.25) is 0 Å². The lowest BCUT2D eigenvalue weighted by molar-refractivity contribution is -0.116. The van der Waals surface area contributed by atoms with Crippen molar-refractivity contribution in [2.75, 3.05) is 12.4 Å². The van der Waals surface area contributed by atoms with Gasteiger partial charge in [0.25, 0.3) is 5.56 Å². The molecule has 0 unspecified atom stereocenters. The lowest BCUT2D eigenvalue weighted by Gasteiger charge is -2.13. The van der Waals surface area contributed by atoms with E-state index in [-0.39, 0.29) is 22.5 Å². The number of amides is 1. The van der Waals surface area contributed by atoms with Crippen molar-refractivity contribution in [2.45, 2.75) is 25.3 Å². The minimum atomic E-state index is -0.765. The highest BCUT2D eigenvalue weighted by Crippen LogP contribution is 2.39. The molecule has 1 aliphatic rings. The quantitative estimate of drug-likeness (QED) is 0.553. The Kier molecular flexibility index (Phi) is 5.48. The van der Waals surface area contributed by atoms with Gasteiger partial charge in [-0.05, 0) is 43.2 Å². The van der Waals surface area contributed by atoms with Gasteiger partial charge in [0, 0.05) is 28.8 Å². The summed E-state index contributed by atoms with van der Waals surface area (Å²) in [7, 11) is 2.68. The number of esters is 1. The molecule has 2 heterocycles. The van der Waals surface area contributed by atoms with E-state index in [9.17, 15) is 19.2 Å². The van der Waals surface area contributed by atoms with E-state index in [4.69, 9.17) is 4.74 Å². The average molecular weight is 487 g/mol. The number of methoxy groups -OCH3 is 1. The molecule has 10 heteroatoms. The van der Waals surface area contributed by atoms with Gasteiger partial charge in [0.1, 0.15) is 12.2 Å². The molecule has 1 aliphatic carbocycles. The van der Waals surface area contributed by atoms with E-state index in [0.717, 1.165) is 21.9 Å². The van der Waals surface area contributed by atoms with Crippen LogP contribution in [0.5, 0.6) is 0 Å². The van der Waals surface area contributed by atoms with Gasteiger partial charge in [0.2, 0.25) is 5.91 Å². The van der Waals surface area contributed by atoms with Gasteiger partial charge in [-0.2, -0.15) is 0 Å². The standard InChI is InChI=1S/C21H19BrN4O5/c1-25-18-17(14(20(29)31-2)9-15(24-18)11-3-4-11)19(28)26(21(25)30)10-16(27)23-13-7-5-12(22)6-8-13/h5-9,11H,3-4,10H2,1-2H3,(H,23,27). The molecule has 0 spiro atoms. The van der Waals surface area contributed by atoms with Gasteiger partial charge in [-0.15, -0.1) is 0 Å². The molecule has 9 nitrogen and oxygen atoms in total. The van der Waals surface area contributed by atoms with E-state index in [1.165, 1.54) is 18.7 Å². The number of fused-ring (bicyclic) bond motifs is 1. The lowest BCUT2D eigenvalue weighted by Crippen LogP contribution is -2.42. The Balaban J connectivity index is 1.81. The molecule has 31 heavy (non-hydrogen) atoms. The Labute approximate surface area is 184 Å². The van der Waals surface area contributed by atoms with Crippen molar-refractivity contribution in [2.24, 2.45) is 7.05 Å². The monoisotopic (exact) mass is 486 g/mol. The highest BCUT2D eigenvalue weighted by atomic mass is 79.9. The van der Waals surface area contributed by atoms with Gasteiger partial charge in [-0.3, -0.25) is 18.7 Å². The number of halogens is 1. The topological polar surface area (TPSA) is 112 Å². The first-order chi connectivity index (χ1) is 14.8. The fourth-order valence-corrected chi connectivity index (χ4v) is 3.64. The van der Waals surface area contributed by atoms with Crippen molar-refractivity contribution in [1.82, 2.24) is 14.1 Å². The second-order valence-corrected chi connectivity index (χ2v) is 8.26. The maximum absolute atomic E-state index is 13.2. The van der Waals surface area contributed by atoms with E-state index >= 15 is 0 Å². The molecular formula is C21H19BrN4O5. The summed E-state index contributed by atoms with van der Waals surface area (Å²) < 4.78 is 7.67. The number of rotatable bonds is 5. The molecule has 0 bridgehead atoms. The highest BCUT2D eigenvalue weighted by Gasteiger charge is 2.29. The molecule has 3 aromatic rings. The van der Waals surface area contributed by atoms with Crippen LogP contribution in [0.25, 0.3) is 11.0 Å². The second kappa shape index (κ2) is 8.10. The molecule has 1 aromatic carbocycles. The van der Waals surface area contributed by atoms with E-state index < -0.39 is 29.7 Å². The molecule has 4 rings (SSSR count). The van der Waals surface area contributed by atoms with Crippen LogP contribution in [0.1, 0.15) is 34.8 Å². The van der Waals surface area contributed by atoms with Crippen molar-refractivity contribution >= 4 is 44.5 Å². The first-order valence-corrected chi connectivity index (χ1v) is 10.4. The molecule has 160 valence electrons. The van der Waals surface area contributed by atoms with E-state index in [2.05, 4.69) is 26.2 Å². The van der Waals surface area contributed by atoms with Crippen molar-refractivity contribution in [3.63, 3.8) is 0 Å². The first kappa shape index (κ1) is 21.0. The third kappa shape index (κ3) is 4.02. The predicted molar refractivity (Wildman–Crippen MR) is 117 cm³/mol. The number of nitrogens with zero attached hydrogens (tertiary/aromatic N) is 3. The minimum Gasteiger partial charge on any atom is -0.465 e. The third-order valence-corrected chi connectivity index (χ3v) is 5.67. The number of benzene rings is 1. The zero-order valence-corrected chi connectivity index (χ0v) is 18.4. The van der Waals surface area contributed by atoms with E-state index in [0.29, 0.717) is 11.4 Å². The number of ether oxygens (including phenoxy) is 1. The highest BCUT2D eigenvalue weighted by molar-refractivity contribution is 9.10. The molecule has 1 amide bonds. The summed E-state index contributed by atoms with van der Waals surface area (Å²) in [5.74, 6) is -1.05. The number of carbonyl (C=O) groups is 2. The van der Waals surface area contributed by atoms with Gasteiger partial charge < -0.3 is 10.1 Å². The summed E-state index contributed by atoms with van der Waals surface area (Å²) >= 11 is 3.31. The molecule has 1 fully saturated rings. The number of pyridine rings is 1. The number of hydrogen-bond acceptors (Lipinski definition) is 6. The SMILES string of the molecule is COC(=O)c1cc(C2CC2)nc2c1c(=O)n(CC(=O)Nc1ccc(Br)cc1)c(=O)n2C. The molecule has 0 radical (unpaired) electrons. The third-order valence-electron chi connectivity index (χ3n) is 5.15. The van der Waals surface area contributed by atoms with Crippen LogP contribution >= 0.6 is 15.9 Å². The Morgan fingerprint density at radius 2 is 1.90 bits per heavy atom. The number of anilines is 1. The van der Waals surface area contributed by atoms with Gasteiger partial charge in [-0.1, -0.05) is 15.9 Å². The largest absolute Gasteiger partial charge is 0.465 e. The molecular weight excluding hydrogens is 468 g/mol. The van der Waals surface area contributed by atoms with Crippen molar-refractivity contribution in [3.05, 3.63) is 66.9 Å². The Hall–Kier alpha value is -3.27. The summed E-state index contributed by atoms with van der Waals surface area (Å²) in [6.07, 6.45) is 1.86.